The molecule has 2 amide bonds. The van der Waals surface area contributed by atoms with E-state index in [4.69, 9.17) is 9.47 Å². The Morgan fingerprint density at radius 2 is 1.16 bits per heavy atom. The molecule has 87 heavy (non-hydrogen) atoms. The highest BCUT2D eigenvalue weighted by Gasteiger charge is 2.28. The molecule has 23 heteroatoms. The van der Waals surface area contributed by atoms with Gasteiger partial charge in [0.2, 0.25) is 0 Å². The number of carbonyl (C=O) groups excluding carboxylic acids is 4. The molecule has 0 bridgehead atoms. The molecule has 1 aliphatic carbocycles. The molecule has 0 fully saturated rings. The van der Waals surface area contributed by atoms with Gasteiger partial charge in [0.1, 0.15) is 22.5 Å². The number of amides is 2. The number of esters is 2. The molecule has 0 aliphatic heterocycles. The van der Waals surface area contributed by atoms with E-state index in [1.54, 1.807) is 60.8 Å². The van der Waals surface area contributed by atoms with Crippen molar-refractivity contribution >= 4 is 44.7 Å². The average molecular weight is 1200 g/mol. The zero-order chi connectivity index (χ0) is 61.5. The lowest BCUT2D eigenvalue weighted by molar-refractivity contribution is 0.0585. The number of pyridine rings is 5. The van der Waals surface area contributed by atoms with Crippen molar-refractivity contribution in [3.8, 4) is 11.1 Å². The van der Waals surface area contributed by atoms with Gasteiger partial charge in [-0.05, 0) is 138 Å². The fourth-order valence-corrected chi connectivity index (χ4v) is 11.5. The number of benzene rings is 4. The Kier molecular flexibility index (Phi) is 17.5. The number of ether oxygens (including phenoxy) is 2. The minimum atomic E-state index is -3.99. The molecule has 1 unspecified atom stereocenters. The third kappa shape index (κ3) is 13.0. The summed E-state index contributed by atoms with van der Waals surface area (Å²) in [6.07, 6.45) is 7.73. The van der Waals surface area contributed by atoms with Crippen molar-refractivity contribution in [1.82, 2.24) is 38.7 Å². The van der Waals surface area contributed by atoms with Crippen molar-refractivity contribution in [3.63, 3.8) is 0 Å². The summed E-state index contributed by atoms with van der Waals surface area (Å²) in [4.78, 5) is 90.4. The third-order valence-electron chi connectivity index (χ3n) is 14.3. The van der Waals surface area contributed by atoms with E-state index in [2.05, 4.69) is 25.6 Å². The van der Waals surface area contributed by atoms with Crippen LogP contribution in [0.1, 0.15) is 93.4 Å². The summed E-state index contributed by atoms with van der Waals surface area (Å²) in [5, 5.41) is 5.92. The minimum absolute atomic E-state index is 0.0205. The van der Waals surface area contributed by atoms with Crippen LogP contribution in [0.2, 0.25) is 0 Å². The number of fused-ring (bicyclic) bond motifs is 2. The smallest absolute Gasteiger partial charge is 0.356 e. The van der Waals surface area contributed by atoms with Gasteiger partial charge in [0.25, 0.3) is 33.0 Å². The molecule has 0 saturated carbocycles. The number of hydrogen-bond donors (Lipinski definition) is 2. The van der Waals surface area contributed by atoms with E-state index in [0.717, 1.165) is 53.9 Å². The molecular formula is C64H50F4N8O10S. The summed E-state index contributed by atoms with van der Waals surface area (Å²) in [7, 11) is -1.53. The topological polar surface area (TPSA) is 233 Å². The van der Waals surface area contributed by atoms with Gasteiger partial charge in [0.15, 0.2) is 23.3 Å². The highest BCUT2D eigenvalue weighted by atomic mass is 32.2. The summed E-state index contributed by atoms with van der Waals surface area (Å²) in [5.41, 5.74) is 4.06. The number of methoxy groups -OCH3 is 2. The largest absolute Gasteiger partial charge is 0.464 e. The van der Waals surface area contributed by atoms with Crippen LogP contribution in [0.25, 0.3) is 22.0 Å². The molecule has 0 spiro atoms. The first-order valence-electron chi connectivity index (χ1n) is 26.8. The van der Waals surface area contributed by atoms with Crippen molar-refractivity contribution < 1.29 is 54.6 Å². The van der Waals surface area contributed by atoms with Crippen LogP contribution in [0, 0.1) is 23.3 Å². The highest BCUT2D eigenvalue weighted by Crippen LogP contribution is 2.38. The summed E-state index contributed by atoms with van der Waals surface area (Å²) >= 11 is 0. The third-order valence-corrected chi connectivity index (χ3v) is 16.0. The summed E-state index contributed by atoms with van der Waals surface area (Å²) in [6, 6.07) is 37.7. The molecule has 1 aliphatic rings. The van der Waals surface area contributed by atoms with Crippen LogP contribution in [0.4, 0.5) is 17.6 Å². The number of hydrogen-bond acceptors (Lipinski definition) is 13. The number of nitrogens with one attached hydrogen (secondary N) is 2. The SMILES string of the molecule is COC(=O)c1cc(-c2cn(S(=O)(=O)c3ccccc3)c3ccccc23)cc(CNC(=O)c2cccn(Cc3ccc(F)c(F)c3)c2=O)n1.COC(=O)c1cc(C2CCc3ncccc32)cc(CNC(=O)c2cccn(Cc3ccc(F)c(F)c3)c2=O)n1. The second kappa shape index (κ2) is 25.7. The fourth-order valence-electron chi connectivity index (χ4n) is 10.1. The zero-order valence-electron chi connectivity index (χ0n) is 46.2. The standard InChI is InChI=1S/C35H26F2N4O6S.C29H24F2N4O4/c1-47-35(44)31-18-23(28-21-41(32-12-6-5-10-26(28)32)48(45,46)25-8-3-2-4-9-25)17-24(39-31)19-38-33(42)27-11-7-15-40(34(27)43)20-22-13-14-29(36)30(37)16-22;1-39-29(38)26-14-18(20-7-9-25-21(20)4-2-10-32-25)13-19(34-26)15-33-27(36)22-5-3-11-35(28(22)37)16-17-6-8-23(30)24(31)12-17/h2-18,21H,19-20H2,1H3,(H,38,42);2-6,8,10-14,20H,7,9,15-16H2,1H3,(H,33,36). The number of aromatic nitrogens is 6. The van der Waals surface area contributed by atoms with Gasteiger partial charge in [0.05, 0.1) is 62.2 Å². The molecule has 2 N–H and O–H groups in total. The lowest BCUT2D eigenvalue weighted by atomic mass is 9.93. The van der Waals surface area contributed by atoms with Crippen LogP contribution in [0.15, 0.2) is 191 Å². The first-order chi connectivity index (χ1) is 41.9. The number of para-hydroxylation sites is 1. The predicted octanol–water partition coefficient (Wildman–Crippen LogP) is 8.90. The predicted molar refractivity (Wildman–Crippen MR) is 310 cm³/mol. The van der Waals surface area contributed by atoms with Gasteiger partial charge in [-0.2, -0.15) is 0 Å². The van der Waals surface area contributed by atoms with Crippen LogP contribution in [-0.2, 0) is 52.1 Å². The molecule has 4 aromatic carbocycles. The van der Waals surface area contributed by atoms with Gasteiger partial charge in [-0.25, -0.2) is 49.5 Å². The minimum Gasteiger partial charge on any atom is -0.464 e. The molecular weight excluding hydrogens is 1150 g/mol. The van der Waals surface area contributed by atoms with Crippen molar-refractivity contribution in [2.75, 3.05) is 14.2 Å². The van der Waals surface area contributed by atoms with E-state index in [1.807, 2.05) is 18.2 Å². The van der Waals surface area contributed by atoms with E-state index in [9.17, 15) is 54.7 Å². The maximum absolute atomic E-state index is 13.7. The van der Waals surface area contributed by atoms with E-state index in [-0.39, 0.29) is 65.2 Å². The molecule has 440 valence electrons. The summed E-state index contributed by atoms with van der Waals surface area (Å²) in [5.74, 6) is -6.79. The summed E-state index contributed by atoms with van der Waals surface area (Å²) in [6.45, 7) is -0.395. The van der Waals surface area contributed by atoms with E-state index in [0.29, 0.717) is 38.9 Å². The van der Waals surface area contributed by atoms with E-state index < -0.39 is 68.2 Å². The van der Waals surface area contributed by atoms with Crippen molar-refractivity contribution in [1.29, 1.82) is 0 Å². The molecule has 6 heterocycles. The number of nitrogens with zero attached hydrogens (tertiary/aromatic N) is 6. The number of carbonyl (C=O) groups is 4. The van der Waals surface area contributed by atoms with Gasteiger partial charge in [-0.1, -0.05) is 54.6 Å². The Hall–Kier alpha value is -10.7. The van der Waals surface area contributed by atoms with Crippen molar-refractivity contribution in [2.45, 2.75) is 49.8 Å². The van der Waals surface area contributed by atoms with Crippen LogP contribution in [0.3, 0.4) is 0 Å². The Bertz CT molecular complexity index is 4580. The van der Waals surface area contributed by atoms with Gasteiger partial charge in [-0.3, -0.25) is 24.2 Å². The molecule has 0 saturated heterocycles. The van der Waals surface area contributed by atoms with Crippen LogP contribution >= 0.6 is 0 Å². The second-order valence-electron chi connectivity index (χ2n) is 19.9. The molecule has 0 radical (unpaired) electrons. The molecule has 1 atom stereocenters. The first-order valence-corrected chi connectivity index (χ1v) is 28.2. The van der Waals surface area contributed by atoms with Crippen LogP contribution in [-0.4, -0.2) is 74.4 Å². The monoisotopic (exact) mass is 1200 g/mol. The van der Waals surface area contributed by atoms with E-state index in [1.165, 1.54) is 101 Å². The second-order valence-corrected chi connectivity index (χ2v) is 21.7. The fraction of sp³-hybridized carbons (Fsp3) is 0.141. The molecule has 11 rings (SSSR count). The average Bonchev–Trinajstić information content (AvgIpc) is 2.40. The van der Waals surface area contributed by atoms with Gasteiger partial charge >= 0.3 is 11.9 Å². The quantitative estimate of drug-likeness (QED) is 0.0681. The lowest BCUT2D eigenvalue weighted by Gasteiger charge is -2.15. The first kappa shape index (κ1) is 59.5. The Morgan fingerprint density at radius 1 is 0.609 bits per heavy atom. The Balaban J connectivity index is 0.000000197. The highest BCUT2D eigenvalue weighted by molar-refractivity contribution is 7.90. The zero-order valence-corrected chi connectivity index (χ0v) is 47.1. The molecule has 6 aromatic heterocycles. The maximum atomic E-state index is 13.7. The molecule has 18 nitrogen and oxygen atoms in total. The Morgan fingerprint density at radius 3 is 1.74 bits per heavy atom. The Labute approximate surface area is 493 Å². The van der Waals surface area contributed by atoms with Crippen LogP contribution < -0.4 is 21.8 Å². The maximum Gasteiger partial charge on any atom is 0.356 e. The van der Waals surface area contributed by atoms with Gasteiger partial charge in [0, 0.05) is 47.3 Å². The number of aryl methyl sites for hydroxylation is 1. The van der Waals surface area contributed by atoms with Crippen LogP contribution in [0.5, 0.6) is 0 Å². The number of halogens is 4. The molecule has 10 aromatic rings. The summed E-state index contributed by atoms with van der Waals surface area (Å²) < 4.78 is 94.6. The number of rotatable bonds is 16. The van der Waals surface area contributed by atoms with Gasteiger partial charge in [-0.15, -0.1) is 0 Å². The van der Waals surface area contributed by atoms with Crippen molar-refractivity contribution in [3.05, 3.63) is 282 Å². The van der Waals surface area contributed by atoms with Crippen molar-refractivity contribution in [2.24, 2.45) is 0 Å². The van der Waals surface area contributed by atoms with E-state index >= 15 is 0 Å². The van der Waals surface area contributed by atoms with Gasteiger partial charge < -0.3 is 29.2 Å². The lowest BCUT2D eigenvalue weighted by Crippen LogP contribution is -2.33. The normalized spacial score (nSPS) is 12.6.